The largest absolute Gasteiger partial charge is 0.494 e. The Morgan fingerprint density at radius 1 is 0.792 bits per heavy atom. The van der Waals surface area contributed by atoms with Crippen molar-refractivity contribution in [2.45, 2.75) is 71.1 Å². The zero-order valence-corrected chi connectivity index (χ0v) is 15.5. The molecule has 0 heterocycles. The molecule has 0 aliphatic carbocycles. The molecule has 1 aromatic carbocycles. The number of ether oxygens (including phenoxy) is 1. The Hall–Kier alpha value is -1.27. The van der Waals surface area contributed by atoms with Crippen LogP contribution in [-0.4, -0.2) is 15.0 Å². The predicted molar refractivity (Wildman–Crippen MR) is 97.5 cm³/mol. The van der Waals surface area contributed by atoms with E-state index in [4.69, 9.17) is 9.88 Å². The standard InChI is InChI=1S/C18H31NO4S/c1-2-3-4-5-6-7-8-9-10-11-16-22-17-12-14-18(15-13-17)23-24(19,20)21/h12-15H,2-11,16H2,1H3,(H2,19,20,21). The van der Waals surface area contributed by atoms with Gasteiger partial charge in [0.1, 0.15) is 11.5 Å². The molecule has 138 valence electrons. The van der Waals surface area contributed by atoms with Crippen LogP contribution in [0.25, 0.3) is 0 Å². The van der Waals surface area contributed by atoms with Gasteiger partial charge < -0.3 is 8.92 Å². The number of rotatable bonds is 14. The highest BCUT2D eigenvalue weighted by Gasteiger charge is 2.04. The molecule has 0 atom stereocenters. The number of nitrogens with two attached hydrogens (primary N) is 1. The summed E-state index contributed by atoms with van der Waals surface area (Å²) >= 11 is 0. The van der Waals surface area contributed by atoms with Crippen molar-refractivity contribution < 1.29 is 17.3 Å². The van der Waals surface area contributed by atoms with Gasteiger partial charge in [-0.15, -0.1) is 0 Å². The first kappa shape index (κ1) is 20.8. The van der Waals surface area contributed by atoms with Crippen LogP contribution in [-0.2, 0) is 10.3 Å². The summed E-state index contributed by atoms with van der Waals surface area (Å²) in [7, 11) is -3.97. The fourth-order valence-corrected chi connectivity index (χ4v) is 2.88. The molecule has 0 aliphatic rings. The summed E-state index contributed by atoms with van der Waals surface area (Å²) in [6, 6.07) is 6.41. The Labute approximate surface area is 146 Å². The lowest BCUT2D eigenvalue weighted by molar-refractivity contribution is 0.304. The van der Waals surface area contributed by atoms with Crippen molar-refractivity contribution in [2.75, 3.05) is 6.61 Å². The van der Waals surface area contributed by atoms with Gasteiger partial charge in [0.25, 0.3) is 0 Å². The van der Waals surface area contributed by atoms with Crippen molar-refractivity contribution >= 4 is 10.3 Å². The van der Waals surface area contributed by atoms with E-state index in [1.165, 1.54) is 69.9 Å². The van der Waals surface area contributed by atoms with Gasteiger partial charge in [-0.05, 0) is 30.7 Å². The molecule has 0 bridgehead atoms. The Balaban J connectivity index is 2.01. The molecular formula is C18H31NO4S. The first-order chi connectivity index (χ1) is 11.5. The van der Waals surface area contributed by atoms with Crippen molar-refractivity contribution in [3.63, 3.8) is 0 Å². The molecule has 0 aliphatic heterocycles. The molecule has 0 spiro atoms. The SMILES string of the molecule is CCCCCCCCCCCCOc1ccc(OS(N)(=O)=O)cc1. The van der Waals surface area contributed by atoms with E-state index in [0.717, 1.165) is 6.42 Å². The van der Waals surface area contributed by atoms with Crippen LogP contribution >= 0.6 is 0 Å². The third-order valence-corrected chi connectivity index (χ3v) is 4.23. The molecule has 24 heavy (non-hydrogen) atoms. The molecule has 0 saturated carbocycles. The maximum Gasteiger partial charge on any atom is 0.380 e. The van der Waals surface area contributed by atoms with Gasteiger partial charge in [0.05, 0.1) is 6.61 Å². The van der Waals surface area contributed by atoms with Crippen LogP contribution in [0.2, 0.25) is 0 Å². The van der Waals surface area contributed by atoms with Gasteiger partial charge in [-0.2, -0.15) is 13.6 Å². The van der Waals surface area contributed by atoms with Crippen LogP contribution in [0.4, 0.5) is 0 Å². The highest BCUT2D eigenvalue weighted by molar-refractivity contribution is 7.84. The smallest absolute Gasteiger partial charge is 0.380 e. The molecule has 0 amide bonds. The Kier molecular flexibility index (Phi) is 10.5. The fraction of sp³-hybridized carbons (Fsp3) is 0.667. The predicted octanol–water partition coefficient (Wildman–Crippen LogP) is 4.57. The van der Waals surface area contributed by atoms with Crippen LogP contribution in [0, 0.1) is 0 Å². The zero-order valence-electron chi connectivity index (χ0n) is 14.7. The lowest BCUT2D eigenvalue weighted by Gasteiger charge is -2.07. The fourth-order valence-electron chi connectivity index (χ4n) is 2.51. The van der Waals surface area contributed by atoms with Crippen molar-refractivity contribution in [1.82, 2.24) is 0 Å². The zero-order chi connectivity index (χ0) is 17.7. The molecule has 6 heteroatoms. The van der Waals surface area contributed by atoms with Crippen LogP contribution < -0.4 is 14.1 Å². The molecule has 5 nitrogen and oxygen atoms in total. The first-order valence-electron chi connectivity index (χ1n) is 8.96. The third kappa shape index (κ3) is 11.3. The molecule has 0 unspecified atom stereocenters. The maximum absolute atomic E-state index is 10.8. The number of benzene rings is 1. The molecule has 0 saturated heterocycles. The summed E-state index contributed by atoms with van der Waals surface area (Å²) in [6.45, 7) is 2.92. The topological polar surface area (TPSA) is 78.6 Å². The van der Waals surface area contributed by atoms with Crippen molar-refractivity contribution in [3.8, 4) is 11.5 Å². The Bertz CT molecular complexity index is 528. The summed E-state index contributed by atoms with van der Waals surface area (Å²) in [5.74, 6) is 0.886. The lowest BCUT2D eigenvalue weighted by Crippen LogP contribution is -2.18. The average molecular weight is 358 g/mol. The second kappa shape index (κ2) is 12.1. The second-order valence-corrected chi connectivity index (χ2v) is 7.23. The highest BCUT2D eigenvalue weighted by Crippen LogP contribution is 2.19. The number of hydrogen-bond donors (Lipinski definition) is 1. The summed E-state index contributed by atoms with van der Waals surface area (Å²) in [5.41, 5.74) is 0. The number of hydrogen-bond acceptors (Lipinski definition) is 4. The van der Waals surface area contributed by atoms with E-state index in [2.05, 4.69) is 11.1 Å². The van der Waals surface area contributed by atoms with E-state index in [-0.39, 0.29) is 5.75 Å². The van der Waals surface area contributed by atoms with E-state index in [1.807, 2.05) is 0 Å². The Morgan fingerprint density at radius 3 is 1.75 bits per heavy atom. The van der Waals surface area contributed by atoms with Gasteiger partial charge in [-0.1, -0.05) is 64.7 Å². The van der Waals surface area contributed by atoms with Gasteiger partial charge in [0.15, 0.2) is 0 Å². The van der Waals surface area contributed by atoms with Gasteiger partial charge in [-0.3, -0.25) is 0 Å². The summed E-state index contributed by atoms with van der Waals surface area (Å²) in [6.07, 6.45) is 12.9. The minimum absolute atomic E-state index is 0.184. The van der Waals surface area contributed by atoms with E-state index >= 15 is 0 Å². The van der Waals surface area contributed by atoms with Gasteiger partial charge >= 0.3 is 10.3 Å². The second-order valence-electron chi connectivity index (χ2n) is 6.08. The molecule has 0 radical (unpaired) electrons. The average Bonchev–Trinajstić information content (AvgIpc) is 2.53. The molecule has 0 fully saturated rings. The van der Waals surface area contributed by atoms with E-state index in [0.29, 0.717) is 12.4 Å². The highest BCUT2D eigenvalue weighted by atomic mass is 32.2. The minimum atomic E-state index is -3.97. The van der Waals surface area contributed by atoms with Crippen LogP contribution in [0.1, 0.15) is 71.1 Å². The lowest BCUT2D eigenvalue weighted by atomic mass is 10.1. The first-order valence-corrected chi connectivity index (χ1v) is 10.4. The van der Waals surface area contributed by atoms with Crippen molar-refractivity contribution in [3.05, 3.63) is 24.3 Å². The third-order valence-electron chi connectivity index (χ3n) is 3.80. The summed E-state index contributed by atoms with van der Waals surface area (Å²) < 4.78 is 31.8. The van der Waals surface area contributed by atoms with Crippen LogP contribution in [0.5, 0.6) is 11.5 Å². The van der Waals surface area contributed by atoms with E-state index in [1.54, 1.807) is 12.1 Å². The Morgan fingerprint density at radius 2 is 1.25 bits per heavy atom. The quantitative estimate of drug-likeness (QED) is 0.495. The maximum atomic E-state index is 10.8. The molecule has 1 rings (SSSR count). The molecule has 1 aromatic rings. The number of unbranched alkanes of at least 4 members (excludes halogenated alkanes) is 9. The van der Waals surface area contributed by atoms with Crippen LogP contribution in [0.15, 0.2) is 24.3 Å². The molecule has 0 aromatic heterocycles. The van der Waals surface area contributed by atoms with Gasteiger partial charge in [-0.25, -0.2) is 0 Å². The minimum Gasteiger partial charge on any atom is -0.494 e. The summed E-state index contributed by atoms with van der Waals surface area (Å²) in [4.78, 5) is 0. The van der Waals surface area contributed by atoms with Crippen molar-refractivity contribution in [2.24, 2.45) is 5.14 Å². The summed E-state index contributed by atoms with van der Waals surface area (Å²) in [5, 5.41) is 4.80. The van der Waals surface area contributed by atoms with Crippen molar-refractivity contribution in [1.29, 1.82) is 0 Å². The van der Waals surface area contributed by atoms with Gasteiger partial charge in [0.2, 0.25) is 0 Å². The monoisotopic (exact) mass is 357 g/mol. The van der Waals surface area contributed by atoms with Gasteiger partial charge in [0, 0.05) is 0 Å². The molecular weight excluding hydrogens is 326 g/mol. The van der Waals surface area contributed by atoms with Crippen LogP contribution in [0.3, 0.4) is 0 Å². The molecule has 2 N–H and O–H groups in total. The van der Waals surface area contributed by atoms with E-state index < -0.39 is 10.3 Å². The van der Waals surface area contributed by atoms with E-state index in [9.17, 15) is 8.42 Å². The normalized spacial score (nSPS) is 11.4.